The highest BCUT2D eigenvalue weighted by Gasteiger charge is 2.50. The molecule has 2 heterocycles. The number of rotatable bonds is 14. The van der Waals surface area contributed by atoms with Gasteiger partial charge < -0.3 is 28.1 Å². The van der Waals surface area contributed by atoms with E-state index in [-0.39, 0.29) is 13.2 Å². The highest BCUT2D eigenvalue weighted by molar-refractivity contribution is 5.76. The quantitative estimate of drug-likeness (QED) is 0.108. The van der Waals surface area contributed by atoms with E-state index < -0.39 is 36.1 Å². The number of hydrogen-bond donors (Lipinski definition) is 0. The van der Waals surface area contributed by atoms with E-state index in [0.29, 0.717) is 31.0 Å². The monoisotopic (exact) mass is 668 g/mol. The van der Waals surface area contributed by atoms with Gasteiger partial charge in [-0.3, -0.25) is 0 Å². The molecule has 7 heteroatoms. The van der Waals surface area contributed by atoms with Crippen LogP contribution in [-0.2, 0) is 50.1 Å². The molecule has 6 aromatic rings. The van der Waals surface area contributed by atoms with Crippen LogP contribution in [0, 0.1) is 0 Å². The van der Waals surface area contributed by atoms with Crippen LogP contribution >= 0.6 is 0 Å². The summed E-state index contributed by atoms with van der Waals surface area (Å²) in [6, 6.07) is 49.2. The van der Waals surface area contributed by atoms with Crippen LogP contribution in [-0.4, -0.2) is 31.0 Å². The smallest absolute Gasteiger partial charge is 0.342 e. The molecule has 1 fully saturated rings. The average Bonchev–Trinajstić information content (AvgIpc) is 3.17. The summed E-state index contributed by atoms with van der Waals surface area (Å²) in [6.07, 6.45) is -3.47. The summed E-state index contributed by atoms with van der Waals surface area (Å²) in [5, 5.41) is 0.786. The zero-order valence-corrected chi connectivity index (χ0v) is 27.7. The molecule has 7 rings (SSSR count). The lowest BCUT2D eigenvalue weighted by Crippen LogP contribution is -2.58. The van der Waals surface area contributed by atoms with Crippen molar-refractivity contribution in [2.24, 2.45) is 0 Å². The van der Waals surface area contributed by atoms with Gasteiger partial charge in [-0.1, -0.05) is 140 Å². The van der Waals surface area contributed by atoms with Crippen molar-refractivity contribution in [1.29, 1.82) is 0 Å². The fourth-order valence-corrected chi connectivity index (χ4v) is 6.32. The van der Waals surface area contributed by atoms with E-state index in [2.05, 4.69) is 0 Å². The zero-order chi connectivity index (χ0) is 34.0. The van der Waals surface area contributed by atoms with Crippen LogP contribution in [0.5, 0.6) is 0 Å². The minimum Gasteiger partial charge on any atom is -0.422 e. The molecule has 1 saturated heterocycles. The summed E-state index contributed by atoms with van der Waals surface area (Å²) in [6.45, 7) is 1.48. The van der Waals surface area contributed by atoms with Crippen molar-refractivity contribution in [3.63, 3.8) is 0 Å². The Morgan fingerprint density at radius 2 is 0.960 bits per heavy atom. The molecule has 1 aliphatic rings. The maximum atomic E-state index is 13.7. The second-order valence-electron chi connectivity index (χ2n) is 12.4. The van der Waals surface area contributed by atoms with E-state index >= 15 is 0 Å². The van der Waals surface area contributed by atoms with Crippen molar-refractivity contribution in [2.45, 2.75) is 56.9 Å². The van der Waals surface area contributed by atoms with E-state index in [1.807, 2.05) is 146 Å². The molecule has 5 aromatic carbocycles. The predicted octanol–water partition coefficient (Wildman–Crippen LogP) is 8.21. The molecule has 0 unspecified atom stereocenters. The summed E-state index contributed by atoms with van der Waals surface area (Å²) in [5.74, 6) is 0. The Bertz CT molecular complexity index is 1970. The Kier molecular flexibility index (Phi) is 11.2. The first-order valence-electron chi connectivity index (χ1n) is 17.0. The summed E-state index contributed by atoms with van der Waals surface area (Å²) >= 11 is 0. The highest BCUT2D eigenvalue weighted by Crippen LogP contribution is 2.38. The van der Waals surface area contributed by atoms with E-state index in [1.165, 1.54) is 0 Å². The third-order valence-corrected chi connectivity index (χ3v) is 8.86. The van der Waals surface area contributed by atoms with Gasteiger partial charge >= 0.3 is 5.63 Å². The number of hydrogen-bond acceptors (Lipinski definition) is 7. The normalized spacial score (nSPS) is 20.5. The van der Waals surface area contributed by atoms with Crippen molar-refractivity contribution >= 4 is 11.0 Å². The Labute approximate surface area is 292 Å². The minimum absolute atomic E-state index is 0.195. The molecule has 0 aliphatic carbocycles. The van der Waals surface area contributed by atoms with Gasteiger partial charge in [-0.2, -0.15) is 0 Å². The molecule has 1 aliphatic heterocycles. The molecule has 0 spiro atoms. The van der Waals surface area contributed by atoms with Crippen LogP contribution in [0.25, 0.3) is 11.0 Å². The molecule has 0 radical (unpaired) electrons. The molecule has 5 atom stereocenters. The molecule has 0 N–H and O–H groups in total. The third-order valence-electron chi connectivity index (χ3n) is 8.86. The average molecular weight is 669 g/mol. The van der Waals surface area contributed by atoms with E-state index in [1.54, 1.807) is 6.07 Å². The molecular weight excluding hydrogens is 628 g/mol. The lowest BCUT2D eigenvalue weighted by molar-refractivity contribution is -0.275. The van der Waals surface area contributed by atoms with Gasteiger partial charge in [0.05, 0.1) is 38.6 Å². The number of benzene rings is 5. The van der Waals surface area contributed by atoms with Crippen molar-refractivity contribution < 1.29 is 28.1 Å². The van der Waals surface area contributed by atoms with Crippen LogP contribution in [0.1, 0.15) is 33.9 Å². The van der Waals surface area contributed by atoms with Crippen molar-refractivity contribution in [2.75, 3.05) is 6.61 Å². The zero-order valence-electron chi connectivity index (χ0n) is 27.7. The molecule has 0 bridgehead atoms. The van der Waals surface area contributed by atoms with Gasteiger partial charge in [0.25, 0.3) is 0 Å². The van der Waals surface area contributed by atoms with E-state index in [4.69, 9.17) is 28.1 Å². The molecule has 254 valence electrons. The van der Waals surface area contributed by atoms with Crippen LogP contribution in [0.3, 0.4) is 0 Å². The standard InChI is InChI=1S/C43H40O7/c44-43-36(25-35-23-13-14-24-37(35)50-43)39-41(47-28-33-19-9-3-10-20-33)42(48-29-34-21-11-4-12-22-34)40(46-27-32-17-7-2-8-18-32)38(49-39)30-45-26-31-15-5-1-6-16-31/h1-25,38-42H,26-30H2/t38-,39-,40-,41-,42+/m1/s1. The topological polar surface area (TPSA) is 76.4 Å². The molecule has 0 amide bonds. The van der Waals surface area contributed by atoms with Gasteiger partial charge in [0.1, 0.15) is 36.1 Å². The predicted molar refractivity (Wildman–Crippen MR) is 191 cm³/mol. The Morgan fingerprint density at radius 3 is 1.52 bits per heavy atom. The van der Waals surface area contributed by atoms with Gasteiger partial charge in [0.2, 0.25) is 0 Å². The fraction of sp³-hybridized carbons (Fsp3) is 0.233. The first kappa shape index (κ1) is 33.6. The first-order valence-corrected chi connectivity index (χ1v) is 17.0. The van der Waals surface area contributed by atoms with Gasteiger partial charge in [-0.05, 0) is 34.4 Å². The fourth-order valence-electron chi connectivity index (χ4n) is 6.32. The van der Waals surface area contributed by atoms with Crippen molar-refractivity contribution in [3.8, 4) is 0 Å². The minimum atomic E-state index is -0.845. The summed E-state index contributed by atoms with van der Waals surface area (Å²) < 4.78 is 39.4. The number of fused-ring (bicyclic) bond motifs is 1. The number of ether oxygens (including phenoxy) is 5. The Balaban J connectivity index is 1.28. The maximum absolute atomic E-state index is 13.7. The van der Waals surface area contributed by atoms with E-state index in [0.717, 1.165) is 27.6 Å². The van der Waals surface area contributed by atoms with Gasteiger partial charge in [0.15, 0.2) is 0 Å². The lowest BCUT2D eigenvalue weighted by atomic mass is 9.90. The van der Waals surface area contributed by atoms with E-state index in [9.17, 15) is 4.79 Å². The lowest BCUT2D eigenvalue weighted by Gasteiger charge is -2.46. The largest absolute Gasteiger partial charge is 0.422 e. The first-order chi connectivity index (χ1) is 24.7. The van der Waals surface area contributed by atoms with Gasteiger partial charge in [-0.15, -0.1) is 0 Å². The van der Waals surface area contributed by atoms with Gasteiger partial charge in [-0.25, -0.2) is 4.79 Å². The highest BCUT2D eigenvalue weighted by atomic mass is 16.6. The molecule has 50 heavy (non-hydrogen) atoms. The van der Waals surface area contributed by atoms with Crippen LogP contribution in [0.15, 0.2) is 161 Å². The van der Waals surface area contributed by atoms with Gasteiger partial charge in [0, 0.05) is 5.39 Å². The molecule has 7 nitrogen and oxygen atoms in total. The van der Waals surface area contributed by atoms with Crippen LogP contribution in [0.2, 0.25) is 0 Å². The second kappa shape index (κ2) is 16.7. The SMILES string of the molecule is O=c1oc2ccccc2cc1[C@H]1O[C@H](COCc2ccccc2)[C@@H](OCc2ccccc2)[C@H](OCc2ccccc2)[C@@H]1OCc1ccccc1. The van der Waals surface area contributed by atoms with Crippen molar-refractivity contribution in [1.82, 2.24) is 0 Å². The van der Waals surface area contributed by atoms with Crippen molar-refractivity contribution in [3.05, 3.63) is 190 Å². The third kappa shape index (κ3) is 8.45. The van der Waals surface area contributed by atoms with Crippen LogP contribution in [0.4, 0.5) is 0 Å². The number of para-hydroxylation sites is 1. The summed E-state index contributed by atoms with van der Waals surface area (Å²) in [7, 11) is 0. The Morgan fingerprint density at radius 1 is 0.500 bits per heavy atom. The molecular formula is C43H40O7. The van der Waals surface area contributed by atoms with Crippen LogP contribution < -0.4 is 5.63 Å². The Hall–Kier alpha value is -4.89. The molecule has 0 saturated carbocycles. The summed E-state index contributed by atoms with van der Waals surface area (Å²) in [5.41, 5.74) is 4.40. The second-order valence-corrected chi connectivity index (χ2v) is 12.4. The summed E-state index contributed by atoms with van der Waals surface area (Å²) in [4.78, 5) is 13.7. The molecule has 1 aromatic heterocycles. The maximum Gasteiger partial charge on any atom is 0.342 e.